The summed E-state index contributed by atoms with van der Waals surface area (Å²) in [7, 11) is 0. The number of carbonyl (C=O) groups excluding carboxylic acids is 1. The second-order valence-electron chi connectivity index (χ2n) is 5.37. The number of para-hydroxylation sites is 1. The number of aromatic nitrogens is 1. The number of nitrogens with one attached hydrogen (secondary N) is 2. The number of nitrogens with zero attached hydrogens (tertiary/aromatic N) is 1. The number of hydrogen-bond acceptors (Lipinski definition) is 3. The summed E-state index contributed by atoms with van der Waals surface area (Å²) in [6.07, 6.45) is 3.72. The molecule has 0 aliphatic carbocycles. The van der Waals surface area contributed by atoms with Crippen LogP contribution in [-0.2, 0) is 4.79 Å². The monoisotopic (exact) mass is 387 g/mol. The van der Waals surface area contributed by atoms with Crippen molar-refractivity contribution in [3.05, 3.63) is 69.2 Å². The van der Waals surface area contributed by atoms with Crippen LogP contribution in [0, 0.1) is 0 Å². The lowest BCUT2D eigenvalue weighted by atomic mass is 10.1. The first-order chi connectivity index (χ1) is 12.1. The molecule has 0 saturated heterocycles. The number of aromatic amines is 1. The minimum Gasteiger partial charge on any atom is -0.361 e. The maximum absolute atomic E-state index is 12.2. The average Bonchev–Trinajstić information content (AvgIpc) is 3.15. The molecular formula is C18H11Cl2N3OS. The van der Waals surface area contributed by atoms with Crippen molar-refractivity contribution in [3.63, 3.8) is 0 Å². The number of H-pyrrole nitrogens is 1. The van der Waals surface area contributed by atoms with Gasteiger partial charge in [-0.25, -0.2) is 0 Å². The Kier molecular flexibility index (Phi) is 4.29. The molecule has 25 heavy (non-hydrogen) atoms. The Labute approximate surface area is 157 Å². The van der Waals surface area contributed by atoms with Crippen molar-refractivity contribution in [2.75, 3.05) is 5.32 Å². The number of fused-ring (bicyclic) bond motifs is 1. The van der Waals surface area contributed by atoms with E-state index in [0.717, 1.165) is 16.5 Å². The molecule has 0 fully saturated rings. The van der Waals surface area contributed by atoms with E-state index in [9.17, 15) is 4.79 Å². The molecule has 124 valence electrons. The molecule has 0 bridgehead atoms. The van der Waals surface area contributed by atoms with Gasteiger partial charge < -0.3 is 10.3 Å². The molecule has 0 spiro atoms. The molecule has 1 aliphatic heterocycles. The van der Waals surface area contributed by atoms with Crippen LogP contribution in [0.25, 0.3) is 17.0 Å². The van der Waals surface area contributed by atoms with Crippen LogP contribution in [0.1, 0.15) is 5.56 Å². The second-order valence-corrected chi connectivity index (χ2v) is 7.25. The summed E-state index contributed by atoms with van der Waals surface area (Å²) in [6, 6.07) is 13.0. The van der Waals surface area contributed by atoms with Crippen LogP contribution in [0.2, 0.25) is 10.0 Å². The highest BCUT2D eigenvalue weighted by molar-refractivity contribution is 8.18. The Morgan fingerprint density at radius 1 is 1.16 bits per heavy atom. The predicted molar refractivity (Wildman–Crippen MR) is 106 cm³/mol. The first-order valence-electron chi connectivity index (χ1n) is 7.41. The Hall–Kier alpha value is -2.21. The summed E-state index contributed by atoms with van der Waals surface area (Å²) in [5, 5.41) is 5.63. The van der Waals surface area contributed by atoms with Gasteiger partial charge >= 0.3 is 0 Å². The highest BCUT2D eigenvalue weighted by Crippen LogP contribution is 2.33. The first kappa shape index (κ1) is 16.3. The van der Waals surface area contributed by atoms with Gasteiger partial charge in [0.15, 0.2) is 5.17 Å². The summed E-state index contributed by atoms with van der Waals surface area (Å²) in [6.45, 7) is 0. The van der Waals surface area contributed by atoms with E-state index in [1.807, 2.05) is 36.5 Å². The number of halogens is 2. The third kappa shape index (κ3) is 3.31. The fourth-order valence-corrected chi connectivity index (χ4v) is 3.80. The van der Waals surface area contributed by atoms with Crippen molar-refractivity contribution in [1.82, 2.24) is 4.98 Å². The SMILES string of the molecule is O=C1N=C(Nc2ccc(Cl)cc2Cl)S/C1=C/c1c[nH]c2ccccc12. The van der Waals surface area contributed by atoms with E-state index in [2.05, 4.69) is 15.3 Å². The van der Waals surface area contributed by atoms with Gasteiger partial charge in [-0.05, 0) is 42.1 Å². The summed E-state index contributed by atoms with van der Waals surface area (Å²) >= 11 is 13.3. The quantitative estimate of drug-likeness (QED) is 0.566. The number of benzene rings is 2. The van der Waals surface area contributed by atoms with E-state index in [-0.39, 0.29) is 5.91 Å². The normalized spacial score (nSPS) is 15.8. The zero-order chi connectivity index (χ0) is 17.4. The Morgan fingerprint density at radius 2 is 2.00 bits per heavy atom. The van der Waals surface area contributed by atoms with Crippen molar-refractivity contribution in [2.45, 2.75) is 0 Å². The number of aliphatic imine (C=N–C) groups is 1. The van der Waals surface area contributed by atoms with Crippen LogP contribution in [0.4, 0.5) is 5.69 Å². The third-order valence-electron chi connectivity index (χ3n) is 3.70. The van der Waals surface area contributed by atoms with E-state index in [1.165, 1.54) is 11.8 Å². The van der Waals surface area contributed by atoms with Gasteiger partial charge in [-0.2, -0.15) is 4.99 Å². The van der Waals surface area contributed by atoms with Gasteiger partial charge in [0.25, 0.3) is 5.91 Å². The summed E-state index contributed by atoms with van der Waals surface area (Å²) < 4.78 is 0. The molecule has 3 aromatic rings. The summed E-state index contributed by atoms with van der Waals surface area (Å²) in [5.41, 5.74) is 2.63. The predicted octanol–water partition coefficient (Wildman–Crippen LogP) is 5.56. The highest BCUT2D eigenvalue weighted by atomic mass is 35.5. The van der Waals surface area contributed by atoms with Crippen LogP contribution in [0.3, 0.4) is 0 Å². The van der Waals surface area contributed by atoms with Crippen LogP contribution in [0.15, 0.2) is 58.6 Å². The lowest BCUT2D eigenvalue weighted by Crippen LogP contribution is -2.05. The number of anilines is 1. The standard InChI is InChI=1S/C18H11Cl2N3OS/c19-11-5-6-15(13(20)8-11)22-18-23-17(24)16(25-18)7-10-9-21-14-4-2-1-3-12(10)14/h1-9,21H,(H,22,23,24)/b16-7+. The minimum absolute atomic E-state index is 0.275. The van der Waals surface area contributed by atoms with Gasteiger partial charge in [-0.15, -0.1) is 0 Å². The van der Waals surface area contributed by atoms with Crippen LogP contribution < -0.4 is 5.32 Å². The van der Waals surface area contributed by atoms with Gasteiger partial charge in [0, 0.05) is 27.7 Å². The lowest BCUT2D eigenvalue weighted by molar-refractivity contribution is -0.113. The van der Waals surface area contributed by atoms with E-state index in [0.29, 0.717) is 25.8 Å². The molecule has 0 saturated carbocycles. The van der Waals surface area contributed by atoms with Crippen LogP contribution in [0.5, 0.6) is 0 Å². The zero-order valence-electron chi connectivity index (χ0n) is 12.7. The maximum Gasteiger partial charge on any atom is 0.286 e. The fraction of sp³-hybridized carbons (Fsp3) is 0. The molecule has 0 atom stereocenters. The average molecular weight is 388 g/mol. The molecule has 2 N–H and O–H groups in total. The molecule has 1 amide bonds. The van der Waals surface area contributed by atoms with Crippen molar-refractivity contribution < 1.29 is 4.79 Å². The first-order valence-corrected chi connectivity index (χ1v) is 8.98. The van der Waals surface area contributed by atoms with Crippen LogP contribution >= 0.6 is 35.0 Å². The number of rotatable bonds is 2. The smallest absolute Gasteiger partial charge is 0.286 e. The third-order valence-corrected chi connectivity index (χ3v) is 5.15. The van der Waals surface area contributed by atoms with Gasteiger partial charge in [-0.1, -0.05) is 41.4 Å². The number of thioether (sulfide) groups is 1. The van der Waals surface area contributed by atoms with Crippen molar-refractivity contribution in [1.29, 1.82) is 0 Å². The number of amides is 1. The molecule has 1 aliphatic rings. The van der Waals surface area contributed by atoms with Gasteiger partial charge in [-0.3, -0.25) is 4.79 Å². The molecular weight excluding hydrogens is 377 g/mol. The summed E-state index contributed by atoms with van der Waals surface area (Å²) in [4.78, 5) is 20.0. The Balaban J connectivity index is 1.58. The molecule has 2 heterocycles. The Morgan fingerprint density at radius 3 is 2.84 bits per heavy atom. The topological polar surface area (TPSA) is 57.2 Å². The van der Waals surface area contributed by atoms with E-state index in [4.69, 9.17) is 23.2 Å². The van der Waals surface area contributed by atoms with E-state index < -0.39 is 0 Å². The Bertz CT molecular complexity index is 1060. The minimum atomic E-state index is -0.275. The van der Waals surface area contributed by atoms with Gasteiger partial charge in [0.2, 0.25) is 0 Å². The molecule has 0 unspecified atom stereocenters. The highest BCUT2D eigenvalue weighted by Gasteiger charge is 2.23. The zero-order valence-corrected chi connectivity index (χ0v) is 15.0. The van der Waals surface area contributed by atoms with Crippen molar-refractivity contribution in [2.24, 2.45) is 4.99 Å². The molecule has 7 heteroatoms. The molecule has 0 radical (unpaired) electrons. The van der Waals surface area contributed by atoms with Gasteiger partial charge in [0.1, 0.15) is 0 Å². The van der Waals surface area contributed by atoms with Crippen molar-refractivity contribution >= 4 is 68.7 Å². The molecule has 4 nitrogen and oxygen atoms in total. The van der Waals surface area contributed by atoms with E-state index in [1.54, 1.807) is 18.2 Å². The maximum atomic E-state index is 12.2. The summed E-state index contributed by atoms with van der Waals surface area (Å²) in [5.74, 6) is -0.275. The molecule has 1 aromatic heterocycles. The molecule has 2 aromatic carbocycles. The van der Waals surface area contributed by atoms with Crippen molar-refractivity contribution in [3.8, 4) is 0 Å². The second kappa shape index (κ2) is 6.59. The molecule has 4 rings (SSSR count). The number of amidine groups is 1. The lowest BCUT2D eigenvalue weighted by Gasteiger charge is -2.06. The fourth-order valence-electron chi connectivity index (χ4n) is 2.52. The van der Waals surface area contributed by atoms with Gasteiger partial charge in [0.05, 0.1) is 15.6 Å². The number of hydrogen-bond donors (Lipinski definition) is 2. The number of carbonyl (C=O) groups is 1. The largest absolute Gasteiger partial charge is 0.361 e. The van der Waals surface area contributed by atoms with E-state index >= 15 is 0 Å². The van der Waals surface area contributed by atoms with Crippen LogP contribution in [-0.4, -0.2) is 16.1 Å².